The zero-order valence-corrected chi connectivity index (χ0v) is 13.3. The largest absolute Gasteiger partial charge is 0.462 e. The highest BCUT2D eigenvalue weighted by atomic mass is 16.5. The molecule has 0 aliphatic carbocycles. The molecule has 6 nitrogen and oxygen atoms in total. The summed E-state index contributed by atoms with van der Waals surface area (Å²) in [7, 11) is 0. The Balaban J connectivity index is 2.03. The number of nitrogens with zero attached hydrogens (tertiary/aromatic N) is 1. The fourth-order valence-electron chi connectivity index (χ4n) is 2.39. The molecule has 0 spiro atoms. The first kappa shape index (κ1) is 15.7. The summed E-state index contributed by atoms with van der Waals surface area (Å²) in [6, 6.07) is 10.0. The molecule has 1 N–H and O–H groups in total. The molecule has 0 atom stereocenters. The van der Waals surface area contributed by atoms with E-state index in [0.29, 0.717) is 28.8 Å². The van der Waals surface area contributed by atoms with Crippen LogP contribution in [0.1, 0.15) is 33.5 Å². The van der Waals surface area contributed by atoms with Crippen LogP contribution in [0, 0.1) is 6.92 Å². The summed E-state index contributed by atoms with van der Waals surface area (Å²) in [6.07, 6.45) is 1.43. The number of pyridine rings is 1. The Hall–Kier alpha value is -3.15. The van der Waals surface area contributed by atoms with E-state index in [-0.39, 0.29) is 11.7 Å². The first-order chi connectivity index (χ1) is 11.6. The molecule has 2 heterocycles. The highest BCUT2D eigenvalue weighted by molar-refractivity contribution is 6.08. The van der Waals surface area contributed by atoms with Gasteiger partial charge in [0.25, 0.3) is 5.91 Å². The van der Waals surface area contributed by atoms with Crippen molar-refractivity contribution in [2.24, 2.45) is 0 Å². The van der Waals surface area contributed by atoms with Crippen LogP contribution in [0.25, 0.3) is 10.9 Å². The van der Waals surface area contributed by atoms with Crippen molar-refractivity contribution in [2.45, 2.75) is 13.8 Å². The van der Waals surface area contributed by atoms with Gasteiger partial charge in [-0.05, 0) is 50.2 Å². The van der Waals surface area contributed by atoms with E-state index in [4.69, 9.17) is 9.15 Å². The number of rotatable bonds is 4. The molecule has 122 valence electrons. The molecule has 24 heavy (non-hydrogen) atoms. The lowest BCUT2D eigenvalue weighted by Gasteiger charge is -2.10. The van der Waals surface area contributed by atoms with E-state index >= 15 is 0 Å². The van der Waals surface area contributed by atoms with Gasteiger partial charge < -0.3 is 14.5 Å². The summed E-state index contributed by atoms with van der Waals surface area (Å²) in [6.45, 7) is 3.88. The number of aromatic nitrogens is 1. The lowest BCUT2D eigenvalue weighted by atomic mass is 10.1. The Bertz CT molecular complexity index is 901. The Morgan fingerprint density at radius 3 is 2.79 bits per heavy atom. The Labute approximate surface area is 138 Å². The van der Waals surface area contributed by atoms with Gasteiger partial charge in [0.05, 0.1) is 29.6 Å². The summed E-state index contributed by atoms with van der Waals surface area (Å²) in [4.78, 5) is 28.6. The van der Waals surface area contributed by atoms with Gasteiger partial charge in [0.15, 0.2) is 5.76 Å². The summed E-state index contributed by atoms with van der Waals surface area (Å²) in [5.74, 6) is -0.573. The number of anilines is 1. The smallest absolute Gasteiger partial charge is 0.338 e. The van der Waals surface area contributed by atoms with Crippen LogP contribution < -0.4 is 5.32 Å². The topological polar surface area (TPSA) is 81.4 Å². The Kier molecular flexibility index (Phi) is 4.29. The number of fused-ring (bicyclic) bond motifs is 1. The fourth-order valence-corrected chi connectivity index (χ4v) is 2.39. The lowest BCUT2D eigenvalue weighted by molar-refractivity contribution is 0.0526. The molecule has 3 rings (SSSR count). The van der Waals surface area contributed by atoms with Gasteiger partial charge in [-0.3, -0.25) is 9.78 Å². The van der Waals surface area contributed by atoms with E-state index in [2.05, 4.69) is 10.3 Å². The van der Waals surface area contributed by atoms with Gasteiger partial charge >= 0.3 is 5.97 Å². The van der Waals surface area contributed by atoms with E-state index in [1.54, 1.807) is 43.3 Å². The minimum Gasteiger partial charge on any atom is -0.462 e. The molecule has 3 aromatic rings. The number of benzene rings is 1. The van der Waals surface area contributed by atoms with Gasteiger partial charge in [-0.2, -0.15) is 0 Å². The Morgan fingerprint density at radius 2 is 2.08 bits per heavy atom. The number of hydrogen-bond donors (Lipinski definition) is 1. The van der Waals surface area contributed by atoms with Crippen LogP contribution in [0.5, 0.6) is 0 Å². The third-order valence-electron chi connectivity index (χ3n) is 3.44. The van der Waals surface area contributed by atoms with Gasteiger partial charge in [-0.1, -0.05) is 0 Å². The van der Waals surface area contributed by atoms with Gasteiger partial charge in [0.2, 0.25) is 0 Å². The molecule has 1 aromatic carbocycles. The molecule has 2 aromatic heterocycles. The van der Waals surface area contributed by atoms with Crippen molar-refractivity contribution in [3.63, 3.8) is 0 Å². The normalized spacial score (nSPS) is 10.6. The zero-order chi connectivity index (χ0) is 17.1. The van der Waals surface area contributed by atoms with Crippen LogP contribution in [0.15, 0.2) is 47.1 Å². The number of carbonyl (C=O) groups excluding carboxylic acids is 2. The molecule has 0 fully saturated rings. The summed E-state index contributed by atoms with van der Waals surface area (Å²) >= 11 is 0. The summed E-state index contributed by atoms with van der Waals surface area (Å²) in [5, 5.41) is 3.46. The van der Waals surface area contributed by atoms with Crippen molar-refractivity contribution in [1.29, 1.82) is 0 Å². The summed E-state index contributed by atoms with van der Waals surface area (Å²) < 4.78 is 10.1. The molecule has 0 bridgehead atoms. The van der Waals surface area contributed by atoms with Crippen molar-refractivity contribution in [3.05, 3.63) is 59.7 Å². The van der Waals surface area contributed by atoms with Gasteiger partial charge in [-0.15, -0.1) is 0 Å². The molecule has 1 amide bonds. The maximum absolute atomic E-state index is 12.2. The second kappa shape index (κ2) is 6.54. The average molecular weight is 324 g/mol. The number of ether oxygens (including phenoxy) is 1. The van der Waals surface area contributed by atoms with Crippen LogP contribution in [-0.2, 0) is 4.74 Å². The molecule has 0 radical (unpaired) electrons. The first-order valence-corrected chi connectivity index (χ1v) is 7.52. The van der Waals surface area contributed by atoms with E-state index < -0.39 is 5.97 Å². The number of nitrogens with one attached hydrogen (secondary N) is 1. The van der Waals surface area contributed by atoms with Crippen molar-refractivity contribution in [3.8, 4) is 0 Å². The standard InChI is InChI=1S/C18H16N2O4/c1-3-23-18(22)12-6-7-14-13(10-12)15(9-11(2)19-14)20-17(21)16-5-4-8-24-16/h4-10H,3H2,1-2H3,(H,19,20,21). The number of amides is 1. The SMILES string of the molecule is CCOC(=O)c1ccc2nc(C)cc(NC(=O)c3ccco3)c2c1. The number of aryl methyl sites for hydroxylation is 1. The molecule has 0 aliphatic rings. The third-order valence-corrected chi connectivity index (χ3v) is 3.44. The minimum absolute atomic E-state index is 0.208. The second-order valence-corrected chi connectivity index (χ2v) is 5.20. The van der Waals surface area contributed by atoms with Crippen molar-refractivity contribution < 1.29 is 18.7 Å². The summed E-state index contributed by atoms with van der Waals surface area (Å²) in [5.41, 5.74) is 2.40. The molecule has 0 saturated heterocycles. The van der Waals surface area contributed by atoms with Gasteiger partial charge in [0.1, 0.15) is 0 Å². The van der Waals surface area contributed by atoms with Crippen LogP contribution in [-0.4, -0.2) is 23.5 Å². The predicted molar refractivity (Wildman–Crippen MR) is 89.1 cm³/mol. The van der Waals surface area contributed by atoms with Crippen molar-refractivity contribution >= 4 is 28.5 Å². The lowest BCUT2D eigenvalue weighted by Crippen LogP contribution is -2.12. The quantitative estimate of drug-likeness (QED) is 0.742. The fraction of sp³-hybridized carbons (Fsp3) is 0.167. The van der Waals surface area contributed by atoms with Crippen LogP contribution in [0.4, 0.5) is 5.69 Å². The van der Waals surface area contributed by atoms with Crippen molar-refractivity contribution in [1.82, 2.24) is 4.98 Å². The van der Waals surface area contributed by atoms with Crippen LogP contribution in [0.3, 0.4) is 0 Å². The van der Waals surface area contributed by atoms with E-state index in [9.17, 15) is 9.59 Å². The number of esters is 1. The monoisotopic (exact) mass is 324 g/mol. The highest BCUT2D eigenvalue weighted by Gasteiger charge is 2.14. The first-order valence-electron chi connectivity index (χ1n) is 7.52. The molecule has 0 saturated carbocycles. The number of furan rings is 1. The Morgan fingerprint density at radius 1 is 1.25 bits per heavy atom. The van der Waals surface area contributed by atoms with Crippen molar-refractivity contribution in [2.75, 3.05) is 11.9 Å². The number of carbonyl (C=O) groups is 2. The van der Waals surface area contributed by atoms with E-state index in [1.165, 1.54) is 6.26 Å². The molecule has 6 heteroatoms. The maximum Gasteiger partial charge on any atom is 0.338 e. The van der Waals surface area contributed by atoms with Crippen LogP contribution in [0.2, 0.25) is 0 Å². The van der Waals surface area contributed by atoms with E-state index in [1.807, 2.05) is 6.92 Å². The molecule has 0 unspecified atom stereocenters. The predicted octanol–water partition coefficient (Wildman–Crippen LogP) is 3.57. The second-order valence-electron chi connectivity index (χ2n) is 5.20. The number of hydrogen-bond acceptors (Lipinski definition) is 5. The zero-order valence-electron chi connectivity index (χ0n) is 13.3. The molecule has 0 aliphatic heterocycles. The molecular formula is C18H16N2O4. The minimum atomic E-state index is -0.414. The average Bonchev–Trinajstić information content (AvgIpc) is 3.09. The van der Waals surface area contributed by atoms with Gasteiger partial charge in [0, 0.05) is 11.1 Å². The third kappa shape index (κ3) is 3.12. The van der Waals surface area contributed by atoms with Crippen LogP contribution >= 0.6 is 0 Å². The van der Waals surface area contributed by atoms with Gasteiger partial charge in [-0.25, -0.2) is 4.79 Å². The van der Waals surface area contributed by atoms with E-state index in [0.717, 1.165) is 5.69 Å². The maximum atomic E-state index is 12.2. The highest BCUT2D eigenvalue weighted by Crippen LogP contribution is 2.25. The molecular weight excluding hydrogens is 308 g/mol.